The van der Waals surface area contributed by atoms with Crippen LogP contribution in [-0.2, 0) is 6.54 Å². The lowest BCUT2D eigenvalue weighted by Crippen LogP contribution is -2.38. The number of nitro benzene ring substituents is 1. The number of amides is 1. The van der Waals surface area contributed by atoms with E-state index in [9.17, 15) is 14.9 Å². The van der Waals surface area contributed by atoms with Gasteiger partial charge < -0.3 is 0 Å². The van der Waals surface area contributed by atoms with Crippen molar-refractivity contribution in [2.24, 2.45) is 11.8 Å². The molecule has 2 heterocycles. The highest BCUT2D eigenvalue weighted by Crippen LogP contribution is 2.24. The van der Waals surface area contributed by atoms with Crippen LogP contribution in [0.3, 0.4) is 0 Å². The number of hydrogen-bond acceptors (Lipinski definition) is 6. The summed E-state index contributed by atoms with van der Waals surface area (Å²) >= 11 is 1.37. The van der Waals surface area contributed by atoms with Crippen molar-refractivity contribution in [3.8, 4) is 0 Å². The molecule has 1 N–H and O–H groups in total. The Bertz CT molecular complexity index is 797. The number of aromatic nitrogens is 1. The Morgan fingerprint density at radius 3 is 2.81 bits per heavy atom. The molecule has 0 aliphatic carbocycles. The van der Waals surface area contributed by atoms with Crippen molar-refractivity contribution in [2.45, 2.75) is 26.8 Å². The van der Waals surface area contributed by atoms with E-state index < -0.39 is 10.8 Å². The Balaban J connectivity index is 1.62. The Labute approximate surface area is 156 Å². The molecule has 1 saturated heterocycles. The van der Waals surface area contributed by atoms with E-state index in [1.165, 1.54) is 36.0 Å². The number of carbonyl (C=O) groups is 1. The zero-order valence-corrected chi connectivity index (χ0v) is 15.7. The molecule has 0 bridgehead atoms. The van der Waals surface area contributed by atoms with Gasteiger partial charge in [-0.05, 0) is 24.3 Å². The van der Waals surface area contributed by atoms with Gasteiger partial charge in [0.2, 0.25) is 0 Å². The molecule has 0 spiro atoms. The number of anilines is 1. The zero-order valence-electron chi connectivity index (χ0n) is 14.8. The zero-order chi connectivity index (χ0) is 18.7. The molecule has 138 valence electrons. The summed E-state index contributed by atoms with van der Waals surface area (Å²) in [5.41, 5.74) is 1.08. The fraction of sp³-hybridized carbons (Fsp3) is 0.444. The van der Waals surface area contributed by atoms with Crippen LogP contribution in [0.4, 0.5) is 10.8 Å². The number of thiazole rings is 1. The number of rotatable bonds is 5. The maximum atomic E-state index is 12.3. The van der Waals surface area contributed by atoms with Crippen molar-refractivity contribution in [1.29, 1.82) is 0 Å². The number of piperidine rings is 1. The van der Waals surface area contributed by atoms with Crippen molar-refractivity contribution < 1.29 is 9.72 Å². The summed E-state index contributed by atoms with van der Waals surface area (Å²) in [6, 6.07) is 5.67. The summed E-state index contributed by atoms with van der Waals surface area (Å²) in [6.45, 7) is 7.45. The number of nitrogens with zero attached hydrogens (tertiary/aromatic N) is 3. The third-order valence-corrected chi connectivity index (χ3v) is 5.23. The Kier molecular flexibility index (Phi) is 5.63. The number of carbonyl (C=O) groups excluding carboxylic acids is 1. The summed E-state index contributed by atoms with van der Waals surface area (Å²) in [5, 5.41) is 16.0. The first-order valence-electron chi connectivity index (χ1n) is 8.63. The van der Waals surface area contributed by atoms with Gasteiger partial charge in [0, 0.05) is 42.7 Å². The Hall–Kier alpha value is -2.32. The molecule has 8 heteroatoms. The summed E-state index contributed by atoms with van der Waals surface area (Å²) in [4.78, 5) is 29.5. The van der Waals surface area contributed by atoms with Gasteiger partial charge in [0.15, 0.2) is 5.13 Å². The summed E-state index contributed by atoms with van der Waals surface area (Å²) in [5.74, 6) is 0.977. The second-order valence-electron chi connectivity index (χ2n) is 7.05. The third kappa shape index (κ3) is 4.64. The molecule has 26 heavy (non-hydrogen) atoms. The largest absolute Gasteiger partial charge is 0.298 e. The molecule has 7 nitrogen and oxygen atoms in total. The van der Waals surface area contributed by atoms with Crippen molar-refractivity contribution in [3.63, 3.8) is 0 Å². The molecular weight excluding hydrogens is 352 g/mol. The molecule has 1 aromatic heterocycles. The van der Waals surface area contributed by atoms with Crippen LogP contribution >= 0.6 is 11.3 Å². The molecule has 0 saturated carbocycles. The van der Waals surface area contributed by atoms with Gasteiger partial charge in [0.05, 0.1) is 10.6 Å². The molecule has 0 radical (unpaired) electrons. The van der Waals surface area contributed by atoms with Crippen LogP contribution in [0, 0.1) is 22.0 Å². The second kappa shape index (κ2) is 7.92. The van der Waals surface area contributed by atoms with Crippen LogP contribution in [-0.4, -0.2) is 33.8 Å². The number of non-ortho nitro benzene ring substituents is 1. The minimum Gasteiger partial charge on any atom is -0.298 e. The standard InChI is InChI=1S/C18H22N4O3S/c1-12-6-13(2)9-21(8-12)10-15-11-26-18(19-15)20-17(23)14-4-3-5-16(7-14)22(24)25/h3-5,7,11-13H,6,8-10H2,1-2H3,(H,19,20,23). The van der Waals surface area contributed by atoms with Gasteiger partial charge in [-0.25, -0.2) is 4.98 Å². The minimum absolute atomic E-state index is 0.106. The highest BCUT2D eigenvalue weighted by Gasteiger charge is 2.22. The molecule has 2 atom stereocenters. The smallest absolute Gasteiger partial charge is 0.270 e. The first-order valence-corrected chi connectivity index (χ1v) is 9.51. The number of likely N-dealkylation sites (tertiary alicyclic amines) is 1. The lowest BCUT2D eigenvalue weighted by Gasteiger charge is -2.34. The van der Waals surface area contributed by atoms with E-state index in [2.05, 4.69) is 29.0 Å². The molecule has 1 aromatic carbocycles. The van der Waals surface area contributed by atoms with Crippen LogP contribution in [0.15, 0.2) is 29.6 Å². The summed E-state index contributed by atoms with van der Waals surface area (Å²) < 4.78 is 0. The maximum absolute atomic E-state index is 12.3. The maximum Gasteiger partial charge on any atom is 0.270 e. The van der Waals surface area contributed by atoms with Crippen LogP contribution in [0.5, 0.6) is 0 Å². The quantitative estimate of drug-likeness (QED) is 0.635. The van der Waals surface area contributed by atoms with E-state index in [-0.39, 0.29) is 11.3 Å². The average molecular weight is 374 g/mol. The monoisotopic (exact) mass is 374 g/mol. The molecule has 1 amide bonds. The molecular formula is C18H22N4O3S. The highest BCUT2D eigenvalue weighted by atomic mass is 32.1. The van der Waals surface area contributed by atoms with Crippen molar-refractivity contribution in [2.75, 3.05) is 18.4 Å². The normalized spacial score (nSPS) is 20.7. The Morgan fingerprint density at radius 1 is 1.38 bits per heavy atom. The first-order chi connectivity index (χ1) is 12.4. The predicted octanol–water partition coefficient (Wildman–Crippen LogP) is 3.78. The van der Waals surface area contributed by atoms with E-state index in [0.29, 0.717) is 17.0 Å². The fourth-order valence-electron chi connectivity index (χ4n) is 3.52. The van der Waals surface area contributed by atoms with Gasteiger partial charge in [0.1, 0.15) is 0 Å². The summed E-state index contributed by atoms with van der Waals surface area (Å²) in [7, 11) is 0. The molecule has 3 rings (SSSR count). The van der Waals surface area contributed by atoms with Gasteiger partial charge in [0.25, 0.3) is 11.6 Å². The summed E-state index contributed by atoms with van der Waals surface area (Å²) in [6.07, 6.45) is 1.26. The Morgan fingerprint density at radius 2 is 2.12 bits per heavy atom. The molecule has 1 aliphatic rings. The van der Waals surface area contributed by atoms with Gasteiger partial charge in [-0.1, -0.05) is 19.9 Å². The van der Waals surface area contributed by atoms with Crippen LogP contribution in [0.1, 0.15) is 36.3 Å². The number of nitrogens with one attached hydrogen (secondary N) is 1. The molecule has 1 aliphatic heterocycles. The minimum atomic E-state index is -0.515. The fourth-order valence-corrected chi connectivity index (χ4v) is 4.21. The van der Waals surface area contributed by atoms with Crippen molar-refractivity contribution in [1.82, 2.24) is 9.88 Å². The van der Waals surface area contributed by atoms with Gasteiger partial charge in [-0.3, -0.25) is 25.1 Å². The first kappa shape index (κ1) is 18.5. The lowest BCUT2D eigenvalue weighted by molar-refractivity contribution is -0.384. The van der Waals surface area contributed by atoms with Crippen LogP contribution < -0.4 is 5.32 Å². The van der Waals surface area contributed by atoms with Crippen LogP contribution in [0.25, 0.3) is 0 Å². The van der Waals surface area contributed by atoms with E-state index in [4.69, 9.17) is 0 Å². The van der Waals surface area contributed by atoms with Crippen molar-refractivity contribution in [3.05, 3.63) is 51.0 Å². The average Bonchev–Trinajstić information content (AvgIpc) is 3.00. The van der Waals surface area contributed by atoms with E-state index in [1.54, 1.807) is 6.07 Å². The highest BCUT2D eigenvalue weighted by molar-refractivity contribution is 7.13. The SMILES string of the molecule is CC1CC(C)CN(Cc2csc(NC(=O)c3cccc([N+](=O)[O-])c3)n2)C1. The van der Waals surface area contributed by atoms with E-state index in [0.717, 1.165) is 25.3 Å². The second-order valence-corrected chi connectivity index (χ2v) is 7.90. The number of hydrogen-bond donors (Lipinski definition) is 1. The predicted molar refractivity (Wildman–Crippen MR) is 101 cm³/mol. The van der Waals surface area contributed by atoms with Gasteiger partial charge in [-0.15, -0.1) is 11.3 Å². The van der Waals surface area contributed by atoms with Crippen molar-refractivity contribution >= 4 is 28.1 Å². The van der Waals surface area contributed by atoms with Gasteiger partial charge >= 0.3 is 0 Å². The number of nitro groups is 1. The lowest BCUT2D eigenvalue weighted by atomic mass is 9.92. The van der Waals surface area contributed by atoms with Crippen LogP contribution in [0.2, 0.25) is 0 Å². The third-order valence-electron chi connectivity index (χ3n) is 4.42. The van der Waals surface area contributed by atoms with E-state index >= 15 is 0 Å². The number of benzene rings is 1. The molecule has 2 aromatic rings. The van der Waals surface area contributed by atoms with Gasteiger partial charge in [-0.2, -0.15) is 0 Å². The van der Waals surface area contributed by atoms with E-state index in [1.807, 2.05) is 5.38 Å². The topological polar surface area (TPSA) is 88.4 Å². The molecule has 1 fully saturated rings. The molecule has 2 unspecified atom stereocenters.